The zero-order chi connectivity index (χ0) is 89.0. The molecule has 0 spiro atoms. The Morgan fingerprint density at radius 3 is 1.14 bits per heavy atom. The van der Waals surface area contributed by atoms with E-state index in [1.54, 1.807) is 13.2 Å². The maximum absolute atomic E-state index is 12.8. The van der Waals surface area contributed by atoms with E-state index in [1.165, 1.54) is 34.7 Å². The molecule has 0 radical (unpaired) electrons. The van der Waals surface area contributed by atoms with Gasteiger partial charge in [-0.15, -0.1) is 0 Å². The van der Waals surface area contributed by atoms with Crippen molar-refractivity contribution in [1.82, 2.24) is 5.32 Å². The first-order valence-electron chi connectivity index (χ1n) is 44.6. The molecule has 0 aromatic heterocycles. The fraction of sp³-hybridized carbons (Fsp3) is 0.767. The van der Waals surface area contributed by atoms with Crippen LogP contribution in [0.4, 0.5) is 11.4 Å². The Bertz CT molecular complexity index is 3210. The number of carboxylic acids is 1. The number of nitrogens with one attached hydrogen (secondary N) is 1. The number of aryl methyl sites for hydroxylation is 1. The van der Waals surface area contributed by atoms with Crippen LogP contribution in [0.15, 0.2) is 77.4 Å². The van der Waals surface area contributed by atoms with Crippen molar-refractivity contribution in [2.45, 2.75) is 121 Å². The fourth-order valence-electron chi connectivity index (χ4n) is 13.0. The Labute approximate surface area is 739 Å². The molecule has 0 saturated carbocycles. The number of benzene rings is 2. The van der Waals surface area contributed by atoms with Gasteiger partial charge in [-0.25, -0.2) is 8.42 Å². The highest BCUT2D eigenvalue weighted by Gasteiger charge is 2.45. The summed E-state index contributed by atoms with van der Waals surface area (Å²) < 4.78 is 171. The number of unbranched alkanes of at least 4 members (excludes halogenated alkanes) is 5. The molecule has 33 nitrogen and oxygen atoms in total. The average Bonchev–Trinajstić information content (AvgIpc) is 1.63. The molecule has 0 fully saturated rings. The van der Waals surface area contributed by atoms with E-state index in [9.17, 15) is 27.7 Å². The summed E-state index contributed by atoms with van der Waals surface area (Å²) in [5.74, 6) is -0.825. The van der Waals surface area contributed by atoms with Crippen molar-refractivity contribution in [3.05, 3.63) is 89.2 Å². The van der Waals surface area contributed by atoms with Gasteiger partial charge in [0.05, 0.1) is 321 Å². The monoisotopic (exact) mass is 1790 g/mol. The number of carbonyl (C=O) groups is 2. The van der Waals surface area contributed by atoms with E-state index in [1.807, 2.05) is 12.2 Å². The number of fused-ring (bicyclic) bond motifs is 2. The van der Waals surface area contributed by atoms with E-state index in [2.05, 4.69) is 85.8 Å². The second kappa shape index (κ2) is 75.8. The van der Waals surface area contributed by atoms with Gasteiger partial charge in [-0.2, -0.15) is 4.58 Å². The molecule has 34 heteroatoms. The Hall–Kier alpha value is -4.98. The highest BCUT2D eigenvalue weighted by molar-refractivity contribution is 7.85. The van der Waals surface area contributed by atoms with Crippen molar-refractivity contribution in [3.63, 3.8) is 0 Å². The van der Waals surface area contributed by atoms with Crippen LogP contribution in [0.3, 0.4) is 0 Å². The molecule has 1 atom stereocenters. The van der Waals surface area contributed by atoms with Crippen LogP contribution in [-0.2, 0) is 144 Å². The number of nitrogens with zero attached hydrogens (tertiary/aromatic N) is 2. The van der Waals surface area contributed by atoms with Gasteiger partial charge in [0.25, 0.3) is 0 Å². The summed E-state index contributed by atoms with van der Waals surface area (Å²) in [5.41, 5.74) is 6.66. The lowest BCUT2D eigenvalue weighted by Crippen LogP contribution is -2.29. The number of hydrogen-bond donors (Lipinski definition) is 2. The number of anilines is 1. The minimum atomic E-state index is -4.69. The summed E-state index contributed by atoms with van der Waals surface area (Å²) in [6.45, 7) is 35.2. The van der Waals surface area contributed by atoms with Gasteiger partial charge >= 0.3 is 5.97 Å². The van der Waals surface area contributed by atoms with Crippen molar-refractivity contribution >= 4 is 39.1 Å². The first kappa shape index (κ1) is 111. The number of rotatable bonds is 91. The Morgan fingerprint density at radius 1 is 0.427 bits per heavy atom. The third-order valence-electron chi connectivity index (χ3n) is 19.5. The minimum absolute atomic E-state index is 0.00376. The van der Waals surface area contributed by atoms with Crippen molar-refractivity contribution in [2.24, 2.45) is 0 Å². The molecule has 0 aliphatic carbocycles. The van der Waals surface area contributed by atoms with E-state index in [0.29, 0.717) is 343 Å². The second-order valence-corrected chi connectivity index (χ2v) is 31.0. The predicted molar refractivity (Wildman–Crippen MR) is 467 cm³/mol. The molecule has 1 unspecified atom stereocenters. The summed E-state index contributed by atoms with van der Waals surface area (Å²) in [6.07, 6.45) is 18.0. The molecule has 1 amide bonds. The molecular formula is C90H153N3O30S. The van der Waals surface area contributed by atoms with Crippen LogP contribution in [0.5, 0.6) is 0 Å². The molecule has 2 heterocycles. The maximum atomic E-state index is 12.8. The van der Waals surface area contributed by atoms with Gasteiger partial charge in [-0.05, 0) is 95.7 Å². The molecule has 2 aromatic carbocycles. The molecule has 0 saturated heterocycles. The van der Waals surface area contributed by atoms with E-state index < -0.39 is 21.5 Å². The summed E-state index contributed by atoms with van der Waals surface area (Å²) in [5, 5.41) is 12.2. The van der Waals surface area contributed by atoms with Gasteiger partial charge in [0.15, 0.2) is 5.71 Å². The van der Waals surface area contributed by atoms with E-state index in [4.69, 9.17) is 114 Å². The highest BCUT2D eigenvalue weighted by Crippen LogP contribution is 2.52. The highest BCUT2D eigenvalue weighted by atomic mass is 32.2. The van der Waals surface area contributed by atoms with Gasteiger partial charge in [-0.1, -0.05) is 56.0 Å². The SMILES string of the molecule is CCCCN1C(=CC=CC=CC2=[N+](CCCCCC(=O)NCCOCCOCCOCCOCCOCCOCCOCCOCCOCCOCCOCCOCCOCCOCCOCCOCCOCCOCCOCCOCCOCCOCCOCCOC)c3ccc(C)cc3C2(C)C)C(C)(CCCCCC(=O)O)c2cc(S(=O)(=O)[O-])ccc21. The molecule has 4 rings (SSSR count). The van der Waals surface area contributed by atoms with Crippen LogP contribution in [-0.4, -0.2) is 378 Å². The zero-order valence-corrected chi connectivity index (χ0v) is 76.4. The fourth-order valence-corrected chi connectivity index (χ4v) is 13.5. The number of hydrogen-bond acceptors (Lipinski definition) is 30. The first-order chi connectivity index (χ1) is 60.6. The predicted octanol–water partition coefficient (Wildman–Crippen LogP) is 8.59. The third-order valence-corrected chi connectivity index (χ3v) is 20.4. The van der Waals surface area contributed by atoms with Gasteiger partial charge in [0.1, 0.15) is 16.7 Å². The quantitative estimate of drug-likeness (QED) is 0.0271. The van der Waals surface area contributed by atoms with Gasteiger partial charge in [-0.3, -0.25) is 9.59 Å². The second-order valence-electron chi connectivity index (χ2n) is 29.6. The smallest absolute Gasteiger partial charge is 0.303 e. The molecule has 124 heavy (non-hydrogen) atoms. The third kappa shape index (κ3) is 54.5. The Morgan fingerprint density at radius 2 is 0.782 bits per heavy atom. The van der Waals surface area contributed by atoms with E-state index in [-0.39, 0.29) is 22.6 Å². The van der Waals surface area contributed by atoms with Crippen LogP contribution >= 0.6 is 0 Å². The standard InChI is InChI=1S/C90H153N3O30S/c1-7-8-28-93-84-25-23-80(124(97,98)99)78-82(84)90(5,26-16-10-15-21-88(95)96)86(93)19-13-9-12-18-85-89(3,4)81-77-79(2)22-24-83(81)92(85)29-17-11-14-20-87(94)91-27-30-101-33-34-103-37-38-105-41-42-107-45-46-109-49-50-111-53-54-113-57-58-115-61-62-117-65-66-119-69-70-121-73-74-123-76-75-122-72-71-120-68-67-118-64-63-116-60-59-114-56-55-112-52-51-110-48-47-108-44-43-106-40-39-104-36-35-102-32-31-100-6/h9,12-13,18-19,22-25,77-78H,7-8,10-11,14-17,20-21,26-76H2,1-6H3,(H2-,91,94,95,96,97,98,99). The summed E-state index contributed by atoms with van der Waals surface area (Å²) >= 11 is 0. The van der Waals surface area contributed by atoms with Gasteiger partial charge in [0.2, 0.25) is 11.6 Å². The van der Waals surface area contributed by atoms with E-state index in [0.717, 1.165) is 68.6 Å². The number of carboxylic acid groups (broad SMARTS) is 1. The number of carbonyl (C=O) groups excluding carboxylic acids is 1. The number of ether oxygens (including phenoxy) is 24. The lowest BCUT2D eigenvalue weighted by atomic mass is 9.77. The van der Waals surface area contributed by atoms with Crippen molar-refractivity contribution < 1.29 is 146 Å². The minimum Gasteiger partial charge on any atom is -0.744 e. The van der Waals surface area contributed by atoms with Crippen LogP contribution < -0.4 is 10.2 Å². The topological polar surface area (TPSA) is 351 Å². The summed E-state index contributed by atoms with van der Waals surface area (Å²) in [6, 6.07) is 11.3. The Balaban J connectivity index is 0.822. The molecule has 0 bridgehead atoms. The summed E-state index contributed by atoms with van der Waals surface area (Å²) in [7, 11) is -3.05. The number of methoxy groups -OCH3 is 1. The normalized spacial score (nSPS) is 14.9. The number of aliphatic carboxylic acids is 1. The Kier molecular flexibility index (Phi) is 68.1. The number of amides is 1. The zero-order valence-electron chi connectivity index (χ0n) is 75.6. The lowest BCUT2D eigenvalue weighted by molar-refractivity contribution is -0.438. The average molecular weight is 1790 g/mol. The maximum Gasteiger partial charge on any atom is 0.303 e. The molecule has 2 aromatic rings. The molecule has 2 aliphatic rings. The first-order valence-corrected chi connectivity index (χ1v) is 46.0. The molecular weight excluding hydrogens is 1640 g/mol. The van der Waals surface area contributed by atoms with Crippen LogP contribution in [0, 0.1) is 6.92 Å². The van der Waals surface area contributed by atoms with Crippen LogP contribution in [0.25, 0.3) is 0 Å². The molecule has 714 valence electrons. The number of allylic oxidation sites excluding steroid dienone is 6. The lowest BCUT2D eigenvalue weighted by Gasteiger charge is -2.30. The van der Waals surface area contributed by atoms with Crippen molar-refractivity contribution in [1.29, 1.82) is 0 Å². The van der Waals surface area contributed by atoms with Crippen LogP contribution in [0.2, 0.25) is 0 Å². The van der Waals surface area contributed by atoms with Crippen LogP contribution in [0.1, 0.15) is 115 Å². The summed E-state index contributed by atoms with van der Waals surface area (Å²) in [4.78, 5) is 26.0. The van der Waals surface area contributed by atoms with Crippen molar-refractivity contribution in [3.8, 4) is 0 Å². The largest absolute Gasteiger partial charge is 0.744 e. The van der Waals surface area contributed by atoms with E-state index >= 15 is 0 Å². The molecule has 2 N–H and O–H groups in total. The molecule has 2 aliphatic heterocycles. The van der Waals surface area contributed by atoms with Gasteiger partial charge < -0.3 is 134 Å². The van der Waals surface area contributed by atoms with Gasteiger partial charge in [0, 0.05) is 74.0 Å². The van der Waals surface area contributed by atoms with Crippen molar-refractivity contribution in [2.75, 3.05) is 342 Å².